The van der Waals surface area contributed by atoms with Gasteiger partial charge in [-0.1, -0.05) is 30.3 Å². The van der Waals surface area contributed by atoms with Gasteiger partial charge in [-0.25, -0.2) is 4.99 Å². The van der Waals surface area contributed by atoms with E-state index in [0.29, 0.717) is 12.5 Å². The second kappa shape index (κ2) is 4.26. The van der Waals surface area contributed by atoms with E-state index in [9.17, 15) is 0 Å². The molecule has 84 valence electrons. The van der Waals surface area contributed by atoms with Crippen molar-refractivity contribution in [3.05, 3.63) is 35.9 Å². The van der Waals surface area contributed by atoms with Crippen molar-refractivity contribution in [3.63, 3.8) is 0 Å². The maximum Gasteiger partial charge on any atom is 0.188 e. The fourth-order valence-electron chi connectivity index (χ4n) is 2.33. The first-order chi connectivity index (χ1) is 7.93. The molecule has 0 aliphatic carbocycles. The summed E-state index contributed by atoms with van der Waals surface area (Å²) in [5.41, 5.74) is 1.25. The van der Waals surface area contributed by atoms with Crippen LogP contribution in [0.15, 0.2) is 35.3 Å². The maximum atomic E-state index is 5.71. The van der Waals surface area contributed by atoms with Crippen molar-refractivity contribution in [1.29, 1.82) is 0 Å². The molecule has 1 fully saturated rings. The van der Waals surface area contributed by atoms with Crippen molar-refractivity contribution in [2.45, 2.75) is 12.5 Å². The Labute approximate surface area is 95.5 Å². The average Bonchev–Trinajstić information content (AvgIpc) is 3.01. The van der Waals surface area contributed by atoms with Crippen molar-refractivity contribution >= 4 is 5.90 Å². The van der Waals surface area contributed by atoms with Gasteiger partial charge in [-0.3, -0.25) is 0 Å². The molecule has 2 unspecified atom stereocenters. The number of rotatable bonds is 2. The first-order valence-electron chi connectivity index (χ1n) is 5.89. The van der Waals surface area contributed by atoms with Crippen molar-refractivity contribution in [2.75, 3.05) is 19.7 Å². The highest BCUT2D eigenvalue weighted by molar-refractivity contribution is 5.81. The third-order valence-corrected chi connectivity index (χ3v) is 3.27. The van der Waals surface area contributed by atoms with Gasteiger partial charge in [0, 0.05) is 12.5 Å². The molecule has 3 nitrogen and oxygen atoms in total. The minimum Gasteiger partial charge on any atom is -0.478 e. The van der Waals surface area contributed by atoms with E-state index >= 15 is 0 Å². The Hall–Kier alpha value is -1.35. The Kier molecular flexibility index (Phi) is 2.62. The van der Waals surface area contributed by atoms with Crippen LogP contribution in [0.4, 0.5) is 0 Å². The third kappa shape index (κ3) is 1.83. The number of nitrogens with zero attached hydrogens (tertiary/aromatic N) is 1. The standard InChI is InChI=1S/C13H16N2O/c1-2-4-10(5-3-1)12-9-16-13(15-12)11-6-7-14-8-11/h1-5,11-12,14H,6-9H2. The largest absolute Gasteiger partial charge is 0.478 e. The first kappa shape index (κ1) is 9.85. The topological polar surface area (TPSA) is 33.6 Å². The van der Waals surface area contributed by atoms with Crippen molar-refractivity contribution < 1.29 is 4.74 Å². The van der Waals surface area contributed by atoms with Crippen LogP contribution >= 0.6 is 0 Å². The third-order valence-electron chi connectivity index (χ3n) is 3.27. The van der Waals surface area contributed by atoms with Crippen LogP contribution in [0.25, 0.3) is 0 Å². The van der Waals surface area contributed by atoms with Gasteiger partial charge in [0.25, 0.3) is 0 Å². The van der Waals surface area contributed by atoms with Crippen LogP contribution in [0.5, 0.6) is 0 Å². The summed E-state index contributed by atoms with van der Waals surface area (Å²) in [7, 11) is 0. The molecule has 2 aliphatic rings. The Morgan fingerprint density at radius 2 is 2.12 bits per heavy atom. The summed E-state index contributed by atoms with van der Waals surface area (Å²) in [6.07, 6.45) is 1.15. The van der Waals surface area contributed by atoms with Crippen LogP contribution in [0.2, 0.25) is 0 Å². The minimum atomic E-state index is 0.205. The van der Waals surface area contributed by atoms with Crippen LogP contribution in [0.3, 0.4) is 0 Å². The maximum absolute atomic E-state index is 5.71. The number of aliphatic imine (C=N–C) groups is 1. The fraction of sp³-hybridized carbons (Fsp3) is 0.462. The van der Waals surface area contributed by atoms with E-state index in [2.05, 4.69) is 29.6 Å². The van der Waals surface area contributed by atoms with Crippen LogP contribution in [0.1, 0.15) is 18.0 Å². The number of hydrogen-bond acceptors (Lipinski definition) is 3. The van der Waals surface area contributed by atoms with Crippen LogP contribution < -0.4 is 5.32 Å². The Morgan fingerprint density at radius 3 is 2.88 bits per heavy atom. The average molecular weight is 216 g/mol. The molecule has 2 heterocycles. The number of benzene rings is 1. The molecule has 0 saturated carbocycles. The van der Waals surface area contributed by atoms with Gasteiger partial charge in [0.15, 0.2) is 5.90 Å². The molecule has 3 heteroatoms. The summed E-state index contributed by atoms with van der Waals surface area (Å²) in [4.78, 5) is 4.69. The zero-order chi connectivity index (χ0) is 10.8. The summed E-state index contributed by atoms with van der Waals surface area (Å²) >= 11 is 0. The van der Waals surface area contributed by atoms with Crippen molar-refractivity contribution in [3.8, 4) is 0 Å². The van der Waals surface area contributed by atoms with Crippen LogP contribution in [0, 0.1) is 5.92 Å². The fourth-order valence-corrected chi connectivity index (χ4v) is 2.33. The van der Waals surface area contributed by atoms with E-state index in [4.69, 9.17) is 9.73 Å². The highest BCUT2D eigenvalue weighted by Crippen LogP contribution is 2.26. The lowest BCUT2D eigenvalue weighted by Gasteiger charge is -2.06. The van der Waals surface area contributed by atoms with Gasteiger partial charge in [0.2, 0.25) is 0 Å². The monoisotopic (exact) mass is 216 g/mol. The SMILES string of the molecule is c1ccc(C2COC(C3CCNC3)=N2)cc1. The van der Waals surface area contributed by atoms with Gasteiger partial charge in [0.1, 0.15) is 12.6 Å². The molecule has 1 aromatic rings. The summed E-state index contributed by atoms with van der Waals surface area (Å²) in [5.74, 6) is 1.45. The number of hydrogen-bond donors (Lipinski definition) is 1. The molecule has 2 atom stereocenters. The molecule has 2 aliphatic heterocycles. The molecule has 16 heavy (non-hydrogen) atoms. The van der Waals surface area contributed by atoms with E-state index in [1.807, 2.05) is 6.07 Å². The van der Waals surface area contributed by atoms with Crippen molar-refractivity contribution in [2.24, 2.45) is 10.9 Å². The van der Waals surface area contributed by atoms with E-state index in [-0.39, 0.29) is 6.04 Å². The lowest BCUT2D eigenvalue weighted by Crippen LogP contribution is -2.17. The predicted octanol–water partition coefficient (Wildman–Crippen LogP) is 1.77. The van der Waals surface area contributed by atoms with E-state index in [1.165, 1.54) is 5.56 Å². The summed E-state index contributed by atoms with van der Waals surface area (Å²) < 4.78 is 5.71. The first-order valence-corrected chi connectivity index (χ1v) is 5.89. The molecule has 0 spiro atoms. The zero-order valence-corrected chi connectivity index (χ0v) is 9.23. The molecule has 0 radical (unpaired) electrons. The molecule has 0 bridgehead atoms. The highest BCUT2D eigenvalue weighted by Gasteiger charge is 2.28. The van der Waals surface area contributed by atoms with Gasteiger partial charge in [-0.2, -0.15) is 0 Å². The molecule has 0 amide bonds. The Balaban J connectivity index is 1.75. The van der Waals surface area contributed by atoms with Crippen molar-refractivity contribution in [1.82, 2.24) is 5.32 Å². The lowest BCUT2D eigenvalue weighted by molar-refractivity contribution is 0.301. The highest BCUT2D eigenvalue weighted by atomic mass is 16.5. The molecule has 3 rings (SSSR count). The lowest BCUT2D eigenvalue weighted by atomic mass is 10.1. The molecule has 1 N–H and O–H groups in total. The van der Waals surface area contributed by atoms with Gasteiger partial charge in [0.05, 0.1) is 0 Å². The van der Waals surface area contributed by atoms with Gasteiger partial charge < -0.3 is 10.1 Å². The van der Waals surface area contributed by atoms with E-state index < -0.39 is 0 Å². The van der Waals surface area contributed by atoms with Crippen LogP contribution in [-0.2, 0) is 4.74 Å². The normalized spacial score (nSPS) is 28.9. The van der Waals surface area contributed by atoms with E-state index in [1.54, 1.807) is 0 Å². The minimum absolute atomic E-state index is 0.205. The number of nitrogens with one attached hydrogen (secondary N) is 1. The number of ether oxygens (including phenoxy) is 1. The molecular formula is C13H16N2O. The zero-order valence-electron chi connectivity index (χ0n) is 9.23. The summed E-state index contributed by atoms with van der Waals surface area (Å²) in [6, 6.07) is 10.6. The van der Waals surface area contributed by atoms with Gasteiger partial charge in [-0.15, -0.1) is 0 Å². The van der Waals surface area contributed by atoms with Gasteiger partial charge in [-0.05, 0) is 18.5 Å². The molecule has 1 aromatic carbocycles. The molecule has 0 aromatic heterocycles. The smallest absolute Gasteiger partial charge is 0.188 e. The van der Waals surface area contributed by atoms with E-state index in [0.717, 1.165) is 25.4 Å². The molecule has 1 saturated heterocycles. The summed E-state index contributed by atoms with van der Waals surface area (Å²) in [6.45, 7) is 2.80. The Bertz CT molecular complexity index is 382. The second-order valence-electron chi connectivity index (χ2n) is 4.39. The van der Waals surface area contributed by atoms with Crippen LogP contribution in [-0.4, -0.2) is 25.6 Å². The molecular weight excluding hydrogens is 200 g/mol. The summed E-state index contributed by atoms with van der Waals surface area (Å²) in [5, 5.41) is 3.34. The Morgan fingerprint density at radius 1 is 1.25 bits per heavy atom. The predicted molar refractivity (Wildman–Crippen MR) is 63.5 cm³/mol. The quantitative estimate of drug-likeness (QED) is 0.817. The van der Waals surface area contributed by atoms with Gasteiger partial charge >= 0.3 is 0 Å². The second-order valence-corrected chi connectivity index (χ2v) is 4.39.